The Hall–Kier alpha value is -3.15. The lowest BCUT2D eigenvalue weighted by Gasteiger charge is -2.45. The Balaban J connectivity index is 1.62. The first-order chi connectivity index (χ1) is 20.9. The molecule has 1 saturated carbocycles. The van der Waals surface area contributed by atoms with Gasteiger partial charge in [-0.15, -0.1) is 0 Å². The fraction of sp³-hybridized carbons (Fsp3) is 0.667. The van der Waals surface area contributed by atoms with Crippen molar-refractivity contribution < 1.29 is 43.5 Å². The van der Waals surface area contributed by atoms with Crippen LogP contribution in [-0.4, -0.2) is 83.0 Å². The number of rotatable bonds is 8. The van der Waals surface area contributed by atoms with Gasteiger partial charge in [-0.25, -0.2) is 14.4 Å². The van der Waals surface area contributed by atoms with E-state index in [4.69, 9.17) is 18.9 Å². The number of amides is 1. The first-order valence-corrected chi connectivity index (χ1v) is 15.7. The Morgan fingerprint density at radius 3 is 2.66 bits per heavy atom. The molecule has 11 heteroatoms. The van der Waals surface area contributed by atoms with Crippen LogP contribution in [0.1, 0.15) is 70.8 Å². The van der Waals surface area contributed by atoms with Crippen LogP contribution in [0.5, 0.6) is 0 Å². The molecule has 0 bridgehead atoms. The molecule has 0 saturated heterocycles. The molecule has 0 spiro atoms. The second-order valence-corrected chi connectivity index (χ2v) is 12.7. The number of carbonyl (C=O) groups is 3. The monoisotopic (exact) mass is 616 g/mol. The first-order valence-electron chi connectivity index (χ1n) is 15.7. The van der Waals surface area contributed by atoms with Crippen molar-refractivity contribution in [1.29, 1.82) is 0 Å². The fourth-order valence-electron chi connectivity index (χ4n) is 7.03. The molecule has 4 rings (SSSR count). The molecule has 244 valence electrons. The highest BCUT2D eigenvalue weighted by Crippen LogP contribution is 2.48. The predicted octanol–water partition coefficient (Wildman–Crippen LogP) is 3.92. The van der Waals surface area contributed by atoms with Gasteiger partial charge in [-0.1, -0.05) is 39.0 Å². The lowest BCUT2D eigenvalue weighted by atomic mass is 9.65. The molecule has 0 aromatic carbocycles. The largest absolute Gasteiger partial charge is 0.457 e. The molecule has 1 aliphatic heterocycles. The van der Waals surface area contributed by atoms with Crippen LogP contribution in [0.2, 0.25) is 0 Å². The molecule has 11 atom stereocenters. The van der Waals surface area contributed by atoms with Crippen LogP contribution in [0.3, 0.4) is 0 Å². The van der Waals surface area contributed by atoms with Crippen LogP contribution in [0.4, 0.5) is 4.79 Å². The van der Waals surface area contributed by atoms with Gasteiger partial charge in [0, 0.05) is 43.5 Å². The van der Waals surface area contributed by atoms with Crippen LogP contribution >= 0.6 is 0 Å². The maximum Gasteiger partial charge on any atom is 0.407 e. The van der Waals surface area contributed by atoms with Gasteiger partial charge < -0.3 is 39.5 Å². The zero-order valence-electron chi connectivity index (χ0n) is 26.5. The molecule has 4 N–H and O–H groups in total. The zero-order chi connectivity index (χ0) is 32.2. The van der Waals surface area contributed by atoms with E-state index in [0.29, 0.717) is 30.7 Å². The minimum atomic E-state index is -1.36. The van der Waals surface area contributed by atoms with E-state index in [1.165, 1.54) is 7.11 Å². The average molecular weight is 617 g/mol. The fourth-order valence-corrected chi connectivity index (χ4v) is 7.03. The Morgan fingerprint density at radius 1 is 1.25 bits per heavy atom. The summed E-state index contributed by atoms with van der Waals surface area (Å²) in [6, 6.07) is 3.36. The molecule has 0 unspecified atom stereocenters. The highest BCUT2D eigenvalue weighted by molar-refractivity contribution is 5.87. The minimum absolute atomic E-state index is 0.169. The summed E-state index contributed by atoms with van der Waals surface area (Å²) in [4.78, 5) is 41.4. The number of hydrogen-bond donors (Lipinski definition) is 4. The van der Waals surface area contributed by atoms with Crippen LogP contribution in [-0.2, 0) is 23.7 Å². The summed E-state index contributed by atoms with van der Waals surface area (Å²) < 4.78 is 22.9. The summed E-state index contributed by atoms with van der Waals surface area (Å²) in [6.45, 7) is 9.65. The number of methoxy groups -OCH3 is 1. The molecule has 1 aromatic rings. The van der Waals surface area contributed by atoms with Crippen molar-refractivity contribution >= 4 is 18.0 Å². The number of hydrogen-bond acceptors (Lipinski definition) is 9. The number of allylic oxidation sites excluding steroid dienone is 1. The smallest absolute Gasteiger partial charge is 0.407 e. The highest BCUT2D eigenvalue weighted by Gasteiger charge is 2.51. The Morgan fingerprint density at radius 2 is 2.00 bits per heavy atom. The van der Waals surface area contributed by atoms with E-state index in [0.717, 1.165) is 6.42 Å². The van der Waals surface area contributed by atoms with Crippen LogP contribution in [0, 0.1) is 29.6 Å². The number of alkyl carbamates (subject to hydrolysis) is 1. The number of fused-ring (bicyclic) bond motifs is 1. The Bertz CT molecular complexity index is 1210. The van der Waals surface area contributed by atoms with Crippen LogP contribution in [0.15, 0.2) is 42.1 Å². The van der Waals surface area contributed by atoms with E-state index in [9.17, 15) is 24.6 Å². The SMILES string of the molecule is CCCNC(=O)O[C@H](C)[C@H]1OC(=O)[C@@H](OC)C[C@H]2C=C[C@@H]([C@H]3C[C@H](O)[C@@H](C)[C@H]3OC(=O)c3ccc[nH]3)C[C@]2(O)/C(C)=C/[C@H]1C. The molecule has 11 nitrogen and oxygen atoms in total. The van der Waals surface area contributed by atoms with Gasteiger partial charge >= 0.3 is 18.0 Å². The lowest BCUT2D eigenvalue weighted by molar-refractivity contribution is -0.171. The number of cyclic esters (lactones) is 1. The number of H-pyrrole nitrogens is 1. The molecule has 3 aliphatic rings. The van der Waals surface area contributed by atoms with E-state index in [1.54, 1.807) is 25.3 Å². The summed E-state index contributed by atoms with van der Waals surface area (Å²) in [5, 5.41) is 25.9. The summed E-state index contributed by atoms with van der Waals surface area (Å²) in [6.07, 6.45) is 4.73. The number of aromatic amines is 1. The summed E-state index contributed by atoms with van der Waals surface area (Å²) in [7, 11) is 1.43. The molecule has 1 amide bonds. The summed E-state index contributed by atoms with van der Waals surface area (Å²) in [5.41, 5.74) is -0.334. The van der Waals surface area contributed by atoms with Crippen molar-refractivity contribution in [2.75, 3.05) is 13.7 Å². The summed E-state index contributed by atoms with van der Waals surface area (Å²) in [5.74, 6) is -2.70. The van der Waals surface area contributed by atoms with Gasteiger partial charge in [-0.2, -0.15) is 0 Å². The maximum atomic E-state index is 13.3. The molecular weight excluding hydrogens is 568 g/mol. The van der Waals surface area contributed by atoms with Gasteiger partial charge in [-0.3, -0.25) is 0 Å². The van der Waals surface area contributed by atoms with Crippen molar-refractivity contribution in [3.05, 3.63) is 47.8 Å². The molecule has 0 radical (unpaired) electrons. The molecule has 1 fully saturated rings. The van der Waals surface area contributed by atoms with E-state index in [2.05, 4.69) is 10.3 Å². The maximum absolute atomic E-state index is 13.3. The van der Waals surface area contributed by atoms with Gasteiger partial charge in [0.15, 0.2) is 6.10 Å². The Kier molecular flexibility index (Phi) is 11.0. The standard InChI is InChI=1S/C33H48N2O9/c1-7-12-35-32(39)42-21(5)28-18(2)14-19(3)33(40)17-22(10-11-23(33)15-27(41-6)31(38)43-28)24-16-26(36)20(4)29(24)44-30(37)25-9-8-13-34-25/h8-11,13-14,18,20-24,26-29,34,36,40H,7,12,15-17H2,1-6H3,(H,35,39)/b19-14+/t18-,20-,21-,22-,23-,24-,26+,27+,28+,29-,33+/m1/s1. The van der Waals surface area contributed by atoms with Crippen molar-refractivity contribution in [2.24, 2.45) is 29.6 Å². The third-order valence-electron chi connectivity index (χ3n) is 9.68. The van der Waals surface area contributed by atoms with Crippen molar-refractivity contribution in [3.8, 4) is 0 Å². The van der Waals surface area contributed by atoms with Crippen LogP contribution in [0.25, 0.3) is 0 Å². The molecule has 2 aliphatic carbocycles. The summed E-state index contributed by atoms with van der Waals surface area (Å²) >= 11 is 0. The first kappa shape index (κ1) is 33.7. The number of ether oxygens (including phenoxy) is 4. The number of aliphatic hydroxyl groups is 2. The number of aliphatic hydroxyl groups excluding tert-OH is 1. The topological polar surface area (TPSA) is 156 Å². The third-order valence-corrected chi connectivity index (χ3v) is 9.68. The van der Waals surface area contributed by atoms with Gasteiger partial charge in [-0.05, 0) is 63.2 Å². The molecular formula is C33H48N2O9. The highest BCUT2D eigenvalue weighted by atomic mass is 16.6. The molecule has 1 aromatic heterocycles. The van der Waals surface area contributed by atoms with E-state index in [-0.39, 0.29) is 24.2 Å². The molecule has 2 heterocycles. The predicted molar refractivity (Wildman–Crippen MR) is 161 cm³/mol. The van der Waals surface area contributed by atoms with Crippen molar-refractivity contribution in [1.82, 2.24) is 10.3 Å². The third kappa shape index (κ3) is 7.21. The van der Waals surface area contributed by atoms with E-state index >= 15 is 0 Å². The number of aromatic nitrogens is 1. The molecule has 44 heavy (non-hydrogen) atoms. The van der Waals surface area contributed by atoms with Gasteiger partial charge in [0.2, 0.25) is 0 Å². The van der Waals surface area contributed by atoms with Crippen LogP contribution < -0.4 is 5.32 Å². The lowest BCUT2D eigenvalue weighted by Crippen LogP contribution is -2.49. The number of nitrogens with one attached hydrogen (secondary N) is 2. The zero-order valence-corrected chi connectivity index (χ0v) is 26.5. The average Bonchev–Trinajstić information content (AvgIpc) is 3.62. The van der Waals surface area contributed by atoms with Crippen molar-refractivity contribution in [2.45, 2.75) is 96.4 Å². The van der Waals surface area contributed by atoms with Crippen molar-refractivity contribution in [3.63, 3.8) is 0 Å². The van der Waals surface area contributed by atoms with Gasteiger partial charge in [0.1, 0.15) is 24.0 Å². The number of carbonyl (C=O) groups excluding carboxylic acids is 3. The minimum Gasteiger partial charge on any atom is -0.457 e. The normalized spacial score (nSPS) is 37.6. The quantitative estimate of drug-likeness (QED) is 0.193. The number of esters is 2. The second-order valence-electron chi connectivity index (χ2n) is 12.7. The van der Waals surface area contributed by atoms with E-state index < -0.39 is 66.0 Å². The Labute approximate surface area is 259 Å². The van der Waals surface area contributed by atoms with E-state index in [1.807, 2.05) is 45.9 Å². The van der Waals surface area contributed by atoms with Gasteiger partial charge in [0.25, 0.3) is 0 Å². The second kappa shape index (κ2) is 14.3. The van der Waals surface area contributed by atoms with Gasteiger partial charge in [0.05, 0.1) is 11.7 Å².